The molecule has 0 aliphatic carbocycles. The number of rotatable bonds is 7. The number of carbonyl (C=O) groups is 2. The number of para-hydroxylation sites is 2. The number of amides is 2. The average molecular weight is 328 g/mol. The van der Waals surface area contributed by atoms with Gasteiger partial charge >= 0.3 is 12.0 Å². The van der Waals surface area contributed by atoms with E-state index in [0.717, 1.165) is 5.75 Å². The van der Waals surface area contributed by atoms with Crippen molar-refractivity contribution in [3.63, 3.8) is 0 Å². The zero-order valence-electron chi connectivity index (χ0n) is 13.5. The molecule has 6 nitrogen and oxygen atoms in total. The monoisotopic (exact) mass is 328 g/mol. The van der Waals surface area contributed by atoms with Crippen molar-refractivity contribution < 1.29 is 19.1 Å². The van der Waals surface area contributed by atoms with Gasteiger partial charge in [-0.05, 0) is 31.2 Å². The largest absolute Gasteiger partial charge is 0.492 e. The van der Waals surface area contributed by atoms with Gasteiger partial charge in [0, 0.05) is 0 Å². The number of nitrogens with one attached hydrogen (secondary N) is 2. The van der Waals surface area contributed by atoms with Gasteiger partial charge in [0.15, 0.2) is 0 Å². The van der Waals surface area contributed by atoms with Crippen molar-refractivity contribution in [3.8, 4) is 5.75 Å². The summed E-state index contributed by atoms with van der Waals surface area (Å²) >= 11 is 0. The molecule has 24 heavy (non-hydrogen) atoms. The van der Waals surface area contributed by atoms with E-state index in [1.165, 1.54) is 0 Å². The highest BCUT2D eigenvalue weighted by molar-refractivity contribution is 6.00. The Bertz CT molecular complexity index is 674. The molecule has 2 aromatic carbocycles. The fraction of sp³-hybridized carbons (Fsp3) is 0.222. The second kappa shape index (κ2) is 9.19. The van der Waals surface area contributed by atoms with Crippen molar-refractivity contribution in [1.82, 2.24) is 5.32 Å². The summed E-state index contributed by atoms with van der Waals surface area (Å²) in [5.74, 6) is 0.271. The summed E-state index contributed by atoms with van der Waals surface area (Å²) in [6.45, 7) is 2.68. The predicted molar refractivity (Wildman–Crippen MR) is 91.4 cm³/mol. The molecule has 0 saturated heterocycles. The smallest absolute Gasteiger partial charge is 0.340 e. The van der Waals surface area contributed by atoms with Crippen LogP contribution in [0, 0.1) is 0 Å². The van der Waals surface area contributed by atoms with Crippen LogP contribution in [0.3, 0.4) is 0 Å². The van der Waals surface area contributed by atoms with Gasteiger partial charge in [-0.15, -0.1) is 0 Å². The molecule has 0 spiro atoms. The first-order valence-corrected chi connectivity index (χ1v) is 7.69. The van der Waals surface area contributed by atoms with E-state index in [2.05, 4.69) is 10.6 Å². The van der Waals surface area contributed by atoms with E-state index in [-0.39, 0.29) is 6.61 Å². The van der Waals surface area contributed by atoms with Crippen LogP contribution in [0.1, 0.15) is 17.3 Å². The number of esters is 1. The quantitative estimate of drug-likeness (QED) is 0.605. The summed E-state index contributed by atoms with van der Waals surface area (Å²) in [6.07, 6.45) is 0. The number of hydrogen-bond donors (Lipinski definition) is 2. The summed E-state index contributed by atoms with van der Waals surface area (Å²) in [7, 11) is 0. The molecule has 0 saturated carbocycles. The van der Waals surface area contributed by atoms with Crippen LogP contribution in [0.15, 0.2) is 54.6 Å². The molecule has 0 aliphatic rings. The Morgan fingerprint density at radius 3 is 2.46 bits per heavy atom. The highest BCUT2D eigenvalue weighted by atomic mass is 16.5. The number of ether oxygens (including phenoxy) is 2. The Hall–Kier alpha value is -3.02. The third-order valence-corrected chi connectivity index (χ3v) is 3.07. The molecule has 2 N–H and O–H groups in total. The summed E-state index contributed by atoms with van der Waals surface area (Å²) in [5, 5.41) is 5.31. The molecule has 0 aliphatic heterocycles. The van der Waals surface area contributed by atoms with Gasteiger partial charge in [0.25, 0.3) is 0 Å². The molecule has 0 atom stereocenters. The fourth-order valence-corrected chi connectivity index (χ4v) is 2.00. The molecule has 2 aromatic rings. The van der Waals surface area contributed by atoms with Crippen molar-refractivity contribution in [3.05, 3.63) is 60.2 Å². The van der Waals surface area contributed by atoms with Crippen LogP contribution in [0.5, 0.6) is 5.75 Å². The van der Waals surface area contributed by atoms with Gasteiger partial charge in [0.05, 0.1) is 24.4 Å². The van der Waals surface area contributed by atoms with Gasteiger partial charge in [0.2, 0.25) is 0 Å². The summed E-state index contributed by atoms with van der Waals surface area (Å²) in [4.78, 5) is 23.8. The lowest BCUT2D eigenvalue weighted by molar-refractivity contribution is 0.0527. The van der Waals surface area contributed by atoms with Crippen LogP contribution in [0.25, 0.3) is 0 Å². The Kier molecular flexibility index (Phi) is 6.64. The van der Waals surface area contributed by atoms with Gasteiger partial charge in [-0.25, -0.2) is 9.59 Å². The lowest BCUT2D eigenvalue weighted by Crippen LogP contribution is -2.32. The molecule has 0 aromatic heterocycles. The van der Waals surface area contributed by atoms with Crippen LogP contribution in [0.2, 0.25) is 0 Å². The molecule has 2 amide bonds. The van der Waals surface area contributed by atoms with Gasteiger partial charge in [-0.1, -0.05) is 30.3 Å². The molecule has 126 valence electrons. The molecular weight excluding hydrogens is 308 g/mol. The normalized spacial score (nSPS) is 9.88. The first-order valence-electron chi connectivity index (χ1n) is 7.69. The maximum absolute atomic E-state index is 11.9. The first kappa shape index (κ1) is 17.3. The standard InChI is InChI=1S/C18H20N2O4/c1-2-23-17(21)15-10-6-7-11-16(15)20-18(22)19-12-13-24-14-8-4-3-5-9-14/h3-11H,2,12-13H2,1H3,(H2,19,20,22). The molecule has 0 unspecified atom stereocenters. The van der Waals surface area contributed by atoms with E-state index in [9.17, 15) is 9.59 Å². The lowest BCUT2D eigenvalue weighted by Gasteiger charge is -2.11. The van der Waals surface area contributed by atoms with Crippen LogP contribution >= 0.6 is 0 Å². The molecule has 0 radical (unpaired) electrons. The van der Waals surface area contributed by atoms with Crippen molar-refractivity contribution in [2.75, 3.05) is 25.1 Å². The highest BCUT2D eigenvalue weighted by Gasteiger charge is 2.13. The summed E-state index contributed by atoms with van der Waals surface area (Å²) < 4.78 is 10.5. The Morgan fingerprint density at radius 1 is 1.00 bits per heavy atom. The van der Waals surface area contributed by atoms with E-state index >= 15 is 0 Å². The number of urea groups is 1. The maximum atomic E-state index is 11.9. The van der Waals surface area contributed by atoms with Gasteiger partial charge in [-0.2, -0.15) is 0 Å². The number of hydrogen-bond acceptors (Lipinski definition) is 4. The molecule has 0 heterocycles. The fourth-order valence-electron chi connectivity index (χ4n) is 2.00. The number of anilines is 1. The Morgan fingerprint density at radius 2 is 1.71 bits per heavy atom. The van der Waals surface area contributed by atoms with Crippen LogP contribution in [-0.2, 0) is 4.74 Å². The topological polar surface area (TPSA) is 76.7 Å². The maximum Gasteiger partial charge on any atom is 0.340 e. The molecule has 2 rings (SSSR count). The van der Waals surface area contributed by atoms with E-state index in [1.807, 2.05) is 30.3 Å². The van der Waals surface area contributed by atoms with E-state index in [4.69, 9.17) is 9.47 Å². The molecule has 0 bridgehead atoms. The second-order valence-electron chi connectivity index (χ2n) is 4.81. The van der Waals surface area contributed by atoms with E-state index in [1.54, 1.807) is 31.2 Å². The second-order valence-corrected chi connectivity index (χ2v) is 4.81. The van der Waals surface area contributed by atoms with E-state index < -0.39 is 12.0 Å². The van der Waals surface area contributed by atoms with Gasteiger partial charge in [0.1, 0.15) is 12.4 Å². The lowest BCUT2D eigenvalue weighted by atomic mass is 10.2. The average Bonchev–Trinajstić information content (AvgIpc) is 2.60. The predicted octanol–water partition coefficient (Wildman–Crippen LogP) is 3.06. The minimum Gasteiger partial charge on any atom is -0.492 e. The first-order chi connectivity index (χ1) is 11.7. The molecule has 6 heteroatoms. The Balaban J connectivity index is 1.81. The minimum atomic E-state index is -0.471. The SMILES string of the molecule is CCOC(=O)c1ccccc1NC(=O)NCCOc1ccccc1. The minimum absolute atomic E-state index is 0.274. The number of benzene rings is 2. The zero-order chi connectivity index (χ0) is 17.2. The van der Waals surface area contributed by atoms with Crippen molar-refractivity contribution in [2.45, 2.75) is 6.92 Å². The van der Waals surface area contributed by atoms with Crippen LogP contribution in [0.4, 0.5) is 10.5 Å². The highest BCUT2D eigenvalue weighted by Crippen LogP contribution is 2.16. The summed E-state index contributed by atoms with van der Waals surface area (Å²) in [6, 6.07) is 15.6. The van der Waals surface area contributed by atoms with Crippen molar-refractivity contribution in [2.24, 2.45) is 0 Å². The summed E-state index contributed by atoms with van der Waals surface area (Å²) in [5.41, 5.74) is 0.715. The molecule has 0 fully saturated rings. The molecular formula is C18H20N2O4. The van der Waals surface area contributed by atoms with Crippen molar-refractivity contribution in [1.29, 1.82) is 0 Å². The van der Waals surface area contributed by atoms with E-state index in [0.29, 0.717) is 24.4 Å². The van der Waals surface area contributed by atoms with Crippen LogP contribution in [-0.4, -0.2) is 31.8 Å². The zero-order valence-corrected chi connectivity index (χ0v) is 13.5. The van der Waals surface area contributed by atoms with Gasteiger partial charge < -0.3 is 20.1 Å². The van der Waals surface area contributed by atoms with Gasteiger partial charge in [-0.3, -0.25) is 0 Å². The van der Waals surface area contributed by atoms with Crippen molar-refractivity contribution >= 4 is 17.7 Å². The Labute approximate surface area is 140 Å². The van der Waals surface area contributed by atoms with Crippen LogP contribution < -0.4 is 15.4 Å². The third kappa shape index (κ3) is 5.31. The number of carbonyl (C=O) groups excluding carboxylic acids is 2. The third-order valence-electron chi connectivity index (χ3n) is 3.07.